The number of benzene rings is 1. The summed E-state index contributed by atoms with van der Waals surface area (Å²) in [5, 5.41) is 3.11. The number of hydrogen-bond donors (Lipinski definition) is 2. The Bertz CT molecular complexity index is 540. The van der Waals surface area contributed by atoms with E-state index in [1.807, 2.05) is 50.3 Å². The Morgan fingerprint density at radius 2 is 1.83 bits per heavy atom. The van der Waals surface area contributed by atoms with Crippen LogP contribution in [0, 0.1) is 0 Å². The summed E-state index contributed by atoms with van der Waals surface area (Å²) >= 11 is 0. The SMILES string of the molecule is C=CCCCN(C)c1ccc(/C=C/CC=O)cc1N=C.CC.CCNCC.CN. The zero-order valence-electron chi connectivity index (χ0n) is 19.6. The summed E-state index contributed by atoms with van der Waals surface area (Å²) in [4.78, 5) is 16.6. The first-order chi connectivity index (χ1) is 14.1. The Morgan fingerprint density at radius 1 is 1.21 bits per heavy atom. The first-order valence-corrected chi connectivity index (χ1v) is 10.5. The van der Waals surface area contributed by atoms with Crippen molar-refractivity contribution >= 4 is 30.5 Å². The van der Waals surface area contributed by atoms with E-state index in [2.05, 4.69) is 55.1 Å². The van der Waals surface area contributed by atoms with E-state index in [1.165, 1.54) is 7.05 Å². The van der Waals surface area contributed by atoms with Crippen molar-refractivity contribution in [2.45, 2.75) is 47.0 Å². The summed E-state index contributed by atoms with van der Waals surface area (Å²) in [6.07, 6.45) is 9.07. The van der Waals surface area contributed by atoms with Gasteiger partial charge in [-0.3, -0.25) is 4.99 Å². The highest BCUT2D eigenvalue weighted by molar-refractivity contribution is 5.73. The molecule has 0 bridgehead atoms. The van der Waals surface area contributed by atoms with Crippen molar-refractivity contribution in [1.82, 2.24) is 5.32 Å². The van der Waals surface area contributed by atoms with Gasteiger partial charge in [0.05, 0.1) is 11.4 Å². The number of aliphatic imine (C=N–C) groups is 1. The smallest absolute Gasteiger partial charge is 0.123 e. The third kappa shape index (κ3) is 17.6. The normalized spacial score (nSPS) is 9.07. The number of carbonyl (C=O) groups excluding carboxylic acids is 1. The van der Waals surface area contributed by atoms with Gasteiger partial charge in [0.1, 0.15) is 6.29 Å². The Morgan fingerprint density at radius 3 is 2.28 bits per heavy atom. The highest BCUT2D eigenvalue weighted by atomic mass is 16.1. The number of nitrogens with two attached hydrogens (primary N) is 1. The molecule has 0 atom stereocenters. The lowest BCUT2D eigenvalue weighted by atomic mass is 10.1. The van der Waals surface area contributed by atoms with Crippen LogP contribution in [0.2, 0.25) is 0 Å². The summed E-state index contributed by atoms with van der Waals surface area (Å²) < 4.78 is 0. The topological polar surface area (TPSA) is 70.7 Å². The first-order valence-electron chi connectivity index (χ1n) is 10.5. The van der Waals surface area contributed by atoms with Gasteiger partial charge in [-0.1, -0.05) is 52.0 Å². The predicted octanol–water partition coefficient (Wildman–Crippen LogP) is 5.24. The lowest BCUT2D eigenvalue weighted by molar-refractivity contribution is -0.107. The molecule has 0 spiro atoms. The summed E-state index contributed by atoms with van der Waals surface area (Å²) in [5.41, 5.74) is 7.45. The second kappa shape index (κ2) is 25.8. The van der Waals surface area contributed by atoms with Crippen molar-refractivity contribution in [1.29, 1.82) is 0 Å². The Kier molecular flexibility index (Phi) is 27.9. The van der Waals surface area contributed by atoms with Gasteiger partial charge in [0.2, 0.25) is 0 Å². The molecule has 0 aliphatic rings. The van der Waals surface area contributed by atoms with E-state index < -0.39 is 0 Å². The zero-order valence-corrected chi connectivity index (χ0v) is 19.6. The van der Waals surface area contributed by atoms with Crippen LogP contribution in [-0.2, 0) is 4.79 Å². The molecule has 0 fully saturated rings. The van der Waals surface area contributed by atoms with Crippen LogP contribution in [0.4, 0.5) is 11.4 Å². The van der Waals surface area contributed by atoms with Crippen LogP contribution in [0.3, 0.4) is 0 Å². The number of allylic oxidation sites excluding steroid dienone is 2. The van der Waals surface area contributed by atoms with E-state index in [9.17, 15) is 4.79 Å². The third-order valence-electron chi connectivity index (χ3n) is 3.53. The van der Waals surface area contributed by atoms with Crippen molar-refractivity contribution < 1.29 is 4.79 Å². The maximum Gasteiger partial charge on any atom is 0.123 e. The maximum absolute atomic E-state index is 10.3. The van der Waals surface area contributed by atoms with Gasteiger partial charge in [0, 0.05) is 20.0 Å². The van der Waals surface area contributed by atoms with Crippen molar-refractivity contribution in [2.75, 3.05) is 38.6 Å². The minimum absolute atomic E-state index is 0.431. The first kappa shape index (κ1) is 31.5. The molecule has 0 saturated carbocycles. The molecule has 1 aromatic carbocycles. The lowest BCUT2D eigenvalue weighted by Gasteiger charge is -2.21. The van der Waals surface area contributed by atoms with E-state index >= 15 is 0 Å². The quantitative estimate of drug-likeness (QED) is 0.229. The molecule has 5 heteroatoms. The summed E-state index contributed by atoms with van der Waals surface area (Å²) in [7, 11) is 3.55. The van der Waals surface area contributed by atoms with Crippen LogP contribution < -0.4 is 16.0 Å². The molecule has 1 aromatic rings. The largest absolute Gasteiger partial charge is 0.373 e. The van der Waals surface area contributed by atoms with Crippen LogP contribution in [0.5, 0.6) is 0 Å². The standard InChI is InChI=1S/C17H22N2O.C4H11N.C2H6.CH5N/c1-4-5-7-12-19(3)17-11-10-15(9-6-8-13-20)14-16(17)18-2;1-3-5-4-2;2*1-2/h4,6,9-11,13-14H,1-2,5,7-8,12H2,3H3;5H,3-4H2,1-2H3;1-2H3;2H2,1H3/b9-6+;;;. The van der Waals surface area contributed by atoms with Gasteiger partial charge in [-0.05, 0) is 57.4 Å². The van der Waals surface area contributed by atoms with Crippen LogP contribution in [-0.4, -0.2) is 46.7 Å². The molecule has 0 unspecified atom stereocenters. The second-order valence-corrected chi connectivity index (χ2v) is 5.52. The Labute approximate surface area is 179 Å². The molecule has 29 heavy (non-hydrogen) atoms. The van der Waals surface area contributed by atoms with Crippen molar-refractivity contribution in [3.63, 3.8) is 0 Å². The molecule has 0 aliphatic heterocycles. The van der Waals surface area contributed by atoms with Crippen molar-refractivity contribution in [3.8, 4) is 0 Å². The third-order valence-corrected chi connectivity index (χ3v) is 3.53. The van der Waals surface area contributed by atoms with Gasteiger partial charge in [-0.2, -0.15) is 0 Å². The highest BCUT2D eigenvalue weighted by Gasteiger charge is 2.06. The van der Waals surface area contributed by atoms with Gasteiger partial charge in [0.25, 0.3) is 0 Å². The van der Waals surface area contributed by atoms with E-state index in [0.717, 1.165) is 55.7 Å². The van der Waals surface area contributed by atoms with E-state index in [0.29, 0.717) is 6.42 Å². The maximum atomic E-state index is 10.3. The monoisotopic (exact) mass is 404 g/mol. The molecule has 5 nitrogen and oxygen atoms in total. The van der Waals surface area contributed by atoms with Crippen LogP contribution in [0.1, 0.15) is 52.5 Å². The number of carbonyl (C=O) groups is 1. The number of rotatable bonds is 11. The zero-order chi connectivity index (χ0) is 22.9. The number of hydrogen-bond acceptors (Lipinski definition) is 5. The molecule has 0 radical (unpaired) electrons. The van der Waals surface area contributed by atoms with Gasteiger partial charge < -0.3 is 20.7 Å². The van der Waals surface area contributed by atoms with E-state index in [-0.39, 0.29) is 0 Å². The molecular formula is C24H44N4O. The molecule has 0 aromatic heterocycles. The second-order valence-electron chi connectivity index (χ2n) is 5.52. The summed E-state index contributed by atoms with van der Waals surface area (Å²) in [6.45, 7) is 18.7. The summed E-state index contributed by atoms with van der Waals surface area (Å²) in [6, 6.07) is 6.04. The van der Waals surface area contributed by atoms with Crippen molar-refractivity contribution in [3.05, 3.63) is 42.5 Å². The molecule has 0 aliphatic carbocycles. The predicted molar refractivity (Wildman–Crippen MR) is 134 cm³/mol. The summed E-state index contributed by atoms with van der Waals surface area (Å²) in [5.74, 6) is 0. The molecule has 166 valence electrons. The van der Waals surface area contributed by atoms with Gasteiger partial charge in [-0.25, -0.2) is 0 Å². The highest BCUT2D eigenvalue weighted by Crippen LogP contribution is 2.29. The lowest BCUT2D eigenvalue weighted by Crippen LogP contribution is -2.18. The minimum atomic E-state index is 0.431. The van der Waals surface area contributed by atoms with Gasteiger partial charge >= 0.3 is 0 Å². The number of nitrogens with zero attached hydrogens (tertiary/aromatic N) is 2. The molecular weight excluding hydrogens is 360 g/mol. The number of anilines is 1. The van der Waals surface area contributed by atoms with Crippen LogP contribution in [0.25, 0.3) is 6.08 Å². The fourth-order valence-electron chi connectivity index (χ4n) is 2.20. The minimum Gasteiger partial charge on any atom is -0.373 e. The number of unbranched alkanes of at least 4 members (excludes halogenated alkanes) is 1. The van der Waals surface area contributed by atoms with E-state index in [4.69, 9.17) is 0 Å². The molecule has 1 rings (SSSR count). The van der Waals surface area contributed by atoms with Gasteiger partial charge in [-0.15, -0.1) is 6.58 Å². The van der Waals surface area contributed by atoms with Gasteiger partial charge in [0.15, 0.2) is 0 Å². The van der Waals surface area contributed by atoms with E-state index in [1.54, 1.807) is 0 Å². The van der Waals surface area contributed by atoms with Crippen LogP contribution in [0.15, 0.2) is 41.9 Å². The Balaban J connectivity index is -0.000000640. The fraction of sp³-hybridized carbons (Fsp3) is 0.500. The molecule has 0 amide bonds. The van der Waals surface area contributed by atoms with Crippen molar-refractivity contribution in [2.24, 2.45) is 10.7 Å². The Hall–Kier alpha value is -2.24. The average Bonchev–Trinajstić information content (AvgIpc) is 2.77. The fourth-order valence-corrected chi connectivity index (χ4v) is 2.20. The average molecular weight is 405 g/mol. The number of aldehydes is 1. The molecule has 0 heterocycles. The molecule has 0 saturated heterocycles. The number of nitrogens with one attached hydrogen (secondary N) is 1. The van der Waals surface area contributed by atoms with Crippen LogP contribution >= 0.6 is 0 Å². The molecule has 3 N–H and O–H groups in total.